The molecule has 3 nitrogen and oxygen atoms in total. The average molecular weight is 297 g/mol. The van der Waals surface area contributed by atoms with Crippen LogP contribution in [-0.2, 0) is 4.79 Å². The molecule has 0 heterocycles. The van der Waals surface area contributed by atoms with Crippen molar-refractivity contribution in [3.63, 3.8) is 0 Å². The number of aliphatic hydroxyl groups excluding tert-OH is 1. The maximum atomic E-state index is 12.3. The Morgan fingerprint density at radius 2 is 1.68 bits per heavy atom. The van der Waals surface area contributed by atoms with Crippen LogP contribution in [-0.4, -0.2) is 17.1 Å². The van der Waals surface area contributed by atoms with Gasteiger partial charge in [0.15, 0.2) is 0 Å². The maximum absolute atomic E-state index is 12.3. The summed E-state index contributed by atoms with van der Waals surface area (Å²) in [5, 5.41) is 13.1. The lowest BCUT2D eigenvalue weighted by atomic mass is 9.94. The molecule has 22 heavy (non-hydrogen) atoms. The van der Waals surface area contributed by atoms with Gasteiger partial charge in [0.1, 0.15) is 6.10 Å². The Hall–Kier alpha value is -2.13. The standard InChI is InChI=1S/C19H23NO2/c1-12-8-10-16(11-9-12)15(4)18(21)19(22)20-17-7-5-6-13(2)14(17)3/h5-11,15,18,21H,1-4H3,(H,20,22)/t15-,18-/m1/s1. The van der Waals surface area contributed by atoms with Gasteiger partial charge in [0.2, 0.25) is 0 Å². The van der Waals surface area contributed by atoms with Crippen molar-refractivity contribution in [1.82, 2.24) is 0 Å². The van der Waals surface area contributed by atoms with E-state index in [0.717, 1.165) is 27.9 Å². The first kappa shape index (κ1) is 16.2. The Labute approximate surface area is 132 Å². The highest BCUT2D eigenvalue weighted by Gasteiger charge is 2.24. The van der Waals surface area contributed by atoms with Gasteiger partial charge in [0, 0.05) is 11.6 Å². The van der Waals surface area contributed by atoms with Crippen LogP contribution in [0.1, 0.15) is 35.1 Å². The molecule has 3 heteroatoms. The Balaban J connectivity index is 2.11. The summed E-state index contributed by atoms with van der Waals surface area (Å²) in [4.78, 5) is 12.3. The smallest absolute Gasteiger partial charge is 0.253 e. The molecular formula is C19H23NO2. The van der Waals surface area contributed by atoms with E-state index in [-0.39, 0.29) is 11.8 Å². The highest BCUT2D eigenvalue weighted by atomic mass is 16.3. The summed E-state index contributed by atoms with van der Waals surface area (Å²) in [5.74, 6) is -0.632. The molecule has 2 aromatic carbocycles. The van der Waals surface area contributed by atoms with Crippen molar-refractivity contribution >= 4 is 11.6 Å². The average Bonchev–Trinajstić information content (AvgIpc) is 2.51. The first-order chi connectivity index (χ1) is 10.4. The molecule has 1 amide bonds. The molecule has 2 atom stereocenters. The Morgan fingerprint density at radius 1 is 1.05 bits per heavy atom. The van der Waals surface area contributed by atoms with Gasteiger partial charge in [-0.2, -0.15) is 0 Å². The number of aliphatic hydroxyl groups is 1. The third kappa shape index (κ3) is 3.55. The fourth-order valence-corrected chi connectivity index (χ4v) is 2.37. The van der Waals surface area contributed by atoms with Gasteiger partial charge in [-0.25, -0.2) is 0 Å². The Bertz CT molecular complexity index is 662. The predicted molar refractivity (Wildman–Crippen MR) is 90.1 cm³/mol. The van der Waals surface area contributed by atoms with Crippen molar-refractivity contribution < 1.29 is 9.90 Å². The molecule has 0 saturated carbocycles. The van der Waals surface area contributed by atoms with Gasteiger partial charge in [0.05, 0.1) is 0 Å². The quantitative estimate of drug-likeness (QED) is 0.903. The van der Waals surface area contributed by atoms with Crippen LogP contribution in [0.3, 0.4) is 0 Å². The zero-order valence-electron chi connectivity index (χ0n) is 13.6. The second-order valence-electron chi connectivity index (χ2n) is 5.88. The van der Waals surface area contributed by atoms with Crippen LogP contribution in [0.15, 0.2) is 42.5 Å². The minimum atomic E-state index is -1.08. The van der Waals surface area contributed by atoms with Crippen LogP contribution in [0.2, 0.25) is 0 Å². The van der Waals surface area contributed by atoms with Crippen LogP contribution in [0.4, 0.5) is 5.69 Å². The number of aryl methyl sites for hydroxylation is 2. The van der Waals surface area contributed by atoms with Crippen LogP contribution >= 0.6 is 0 Å². The number of amides is 1. The third-order valence-electron chi connectivity index (χ3n) is 4.21. The van der Waals surface area contributed by atoms with Gasteiger partial charge in [-0.1, -0.05) is 48.9 Å². The first-order valence-corrected chi connectivity index (χ1v) is 7.52. The van der Waals surface area contributed by atoms with E-state index in [0.29, 0.717) is 0 Å². The van der Waals surface area contributed by atoms with E-state index in [9.17, 15) is 9.90 Å². The van der Waals surface area contributed by atoms with Crippen molar-refractivity contribution in [2.75, 3.05) is 5.32 Å². The molecule has 0 aromatic heterocycles. The van der Waals surface area contributed by atoms with E-state index in [1.54, 1.807) is 0 Å². The van der Waals surface area contributed by atoms with Gasteiger partial charge in [-0.05, 0) is 43.5 Å². The molecule has 0 fully saturated rings. The SMILES string of the molecule is Cc1ccc([C@@H](C)[C@@H](O)C(=O)Nc2cccc(C)c2C)cc1. The molecule has 2 aromatic rings. The lowest BCUT2D eigenvalue weighted by Crippen LogP contribution is -2.32. The number of hydrogen-bond acceptors (Lipinski definition) is 2. The van der Waals surface area contributed by atoms with Crippen LogP contribution < -0.4 is 5.32 Å². The third-order valence-corrected chi connectivity index (χ3v) is 4.21. The molecule has 0 aliphatic heterocycles. The Morgan fingerprint density at radius 3 is 2.32 bits per heavy atom. The molecule has 0 unspecified atom stereocenters. The van der Waals surface area contributed by atoms with Gasteiger partial charge >= 0.3 is 0 Å². The van der Waals surface area contributed by atoms with E-state index in [4.69, 9.17) is 0 Å². The molecular weight excluding hydrogens is 274 g/mol. The number of carbonyl (C=O) groups excluding carboxylic acids is 1. The number of carbonyl (C=O) groups is 1. The van der Waals surface area contributed by atoms with E-state index >= 15 is 0 Å². The molecule has 0 radical (unpaired) electrons. The van der Waals surface area contributed by atoms with Crippen molar-refractivity contribution in [2.24, 2.45) is 0 Å². The second-order valence-corrected chi connectivity index (χ2v) is 5.88. The lowest BCUT2D eigenvalue weighted by Gasteiger charge is -2.20. The molecule has 116 valence electrons. The first-order valence-electron chi connectivity index (χ1n) is 7.52. The number of hydrogen-bond donors (Lipinski definition) is 2. The van der Waals surface area contributed by atoms with E-state index < -0.39 is 6.10 Å². The summed E-state index contributed by atoms with van der Waals surface area (Å²) >= 11 is 0. The number of benzene rings is 2. The largest absolute Gasteiger partial charge is 0.383 e. The van der Waals surface area contributed by atoms with Gasteiger partial charge in [0.25, 0.3) is 5.91 Å². The summed E-state index contributed by atoms with van der Waals surface area (Å²) in [6.45, 7) is 7.83. The minimum Gasteiger partial charge on any atom is -0.383 e. The van der Waals surface area contributed by atoms with Crippen molar-refractivity contribution in [1.29, 1.82) is 0 Å². The highest BCUT2D eigenvalue weighted by Crippen LogP contribution is 2.23. The highest BCUT2D eigenvalue weighted by molar-refractivity contribution is 5.95. The monoisotopic (exact) mass is 297 g/mol. The summed E-state index contributed by atoms with van der Waals surface area (Å²) in [5.41, 5.74) is 4.99. The molecule has 0 bridgehead atoms. The van der Waals surface area contributed by atoms with Gasteiger partial charge in [-0.3, -0.25) is 4.79 Å². The zero-order valence-corrected chi connectivity index (χ0v) is 13.6. The van der Waals surface area contributed by atoms with Crippen LogP contribution in [0.25, 0.3) is 0 Å². The fourth-order valence-electron chi connectivity index (χ4n) is 2.37. The van der Waals surface area contributed by atoms with Gasteiger partial charge in [-0.15, -0.1) is 0 Å². The van der Waals surface area contributed by atoms with Crippen molar-refractivity contribution in [3.05, 3.63) is 64.7 Å². The van der Waals surface area contributed by atoms with Crippen molar-refractivity contribution in [3.8, 4) is 0 Å². The van der Waals surface area contributed by atoms with E-state index in [2.05, 4.69) is 5.32 Å². The molecule has 2 rings (SSSR count). The molecule has 0 aliphatic rings. The molecule has 0 saturated heterocycles. The van der Waals surface area contributed by atoms with Gasteiger partial charge < -0.3 is 10.4 Å². The summed E-state index contributed by atoms with van der Waals surface area (Å²) in [7, 11) is 0. The van der Waals surface area contributed by atoms with E-state index in [1.807, 2.05) is 70.2 Å². The summed E-state index contributed by atoms with van der Waals surface area (Å²) in [6.07, 6.45) is -1.08. The zero-order chi connectivity index (χ0) is 16.3. The number of rotatable bonds is 4. The predicted octanol–water partition coefficient (Wildman–Crippen LogP) is 3.71. The lowest BCUT2D eigenvalue weighted by molar-refractivity contribution is -0.124. The Kier molecular flexibility index (Phi) is 4.99. The number of anilines is 1. The second kappa shape index (κ2) is 6.75. The summed E-state index contributed by atoms with van der Waals surface area (Å²) in [6, 6.07) is 13.6. The maximum Gasteiger partial charge on any atom is 0.253 e. The van der Waals surface area contributed by atoms with E-state index in [1.165, 1.54) is 0 Å². The number of nitrogens with one attached hydrogen (secondary N) is 1. The minimum absolute atomic E-state index is 0.259. The topological polar surface area (TPSA) is 49.3 Å². The van der Waals surface area contributed by atoms with Crippen LogP contribution in [0.5, 0.6) is 0 Å². The normalized spacial score (nSPS) is 13.5. The summed E-state index contributed by atoms with van der Waals surface area (Å²) < 4.78 is 0. The molecule has 2 N–H and O–H groups in total. The fraction of sp³-hybridized carbons (Fsp3) is 0.316. The molecule has 0 spiro atoms. The molecule has 0 aliphatic carbocycles. The van der Waals surface area contributed by atoms with Crippen LogP contribution in [0, 0.1) is 20.8 Å². The van der Waals surface area contributed by atoms with Crippen molar-refractivity contribution in [2.45, 2.75) is 39.7 Å².